The summed E-state index contributed by atoms with van der Waals surface area (Å²) in [5.74, 6) is 1.58. The molecule has 28 heavy (non-hydrogen) atoms. The fraction of sp³-hybridized carbons (Fsp3) is 0.478. The van der Waals surface area contributed by atoms with E-state index in [1.807, 2.05) is 18.2 Å². The smallest absolute Gasteiger partial charge is 0.161 e. The zero-order valence-corrected chi connectivity index (χ0v) is 17.9. The average molecular weight is 408 g/mol. The summed E-state index contributed by atoms with van der Waals surface area (Å²) in [6.45, 7) is 6.28. The first-order valence-electron chi connectivity index (χ1n) is 9.95. The number of unbranched alkanes of at least 4 members (excludes halogenated alkanes) is 1. The molecule has 0 aliphatic carbocycles. The summed E-state index contributed by atoms with van der Waals surface area (Å²) < 4.78 is 17.0. The molecular formula is C23H34ClNO3. The third-order valence-electron chi connectivity index (χ3n) is 4.33. The predicted molar refractivity (Wildman–Crippen MR) is 118 cm³/mol. The molecule has 0 aliphatic rings. The number of nitrogens with one attached hydrogen (secondary N) is 1. The summed E-state index contributed by atoms with van der Waals surface area (Å²) in [7, 11) is 1.68. The molecule has 0 fully saturated rings. The molecular weight excluding hydrogens is 374 g/mol. The molecule has 156 valence electrons. The highest BCUT2D eigenvalue weighted by Crippen LogP contribution is 2.28. The number of ether oxygens (including phenoxy) is 3. The molecule has 0 heterocycles. The third kappa shape index (κ3) is 9.45. The van der Waals surface area contributed by atoms with Crippen LogP contribution < -0.4 is 14.8 Å². The van der Waals surface area contributed by atoms with E-state index in [9.17, 15) is 0 Å². The lowest BCUT2D eigenvalue weighted by Crippen LogP contribution is -2.16. The molecule has 0 radical (unpaired) electrons. The Hall–Kier alpha value is -1.75. The van der Waals surface area contributed by atoms with Crippen LogP contribution in [0.3, 0.4) is 0 Å². The molecule has 0 unspecified atom stereocenters. The van der Waals surface area contributed by atoms with Gasteiger partial charge in [-0.25, -0.2) is 0 Å². The van der Waals surface area contributed by atoms with Crippen molar-refractivity contribution < 1.29 is 14.2 Å². The predicted octanol–water partition coefficient (Wildman–Crippen LogP) is 5.03. The normalized spacial score (nSPS) is 10.4. The van der Waals surface area contributed by atoms with Crippen molar-refractivity contribution in [3.63, 3.8) is 0 Å². The summed E-state index contributed by atoms with van der Waals surface area (Å²) in [6.07, 6.45) is 4.24. The Bertz CT molecular complexity index is 637. The maximum absolute atomic E-state index is 5.91. The van der Waals surface area contributed by atoms with Crippen molar-refractivity contribution in [1.29, 1.82) is 0 Å². The Balaban J connectivity index is 0.00000392. The van der Waals surface area contributed by atoms with Gasteiger partial charge in [0.2, 0.25) is 0 Å². The standard InChI is InChI=1S/C23H33NO3.ClH/c1-3-4-15-26-16-8-14-24-19-21-11-12-22(23(18-21)25-2)27-17-13-20-9-6-5-7-10-20;/h5-7,9-12,18,24H,3-4,8,13-17,19H2,1-2H3;1H. The maximum Gasteiger partial charge on any atom is 0.161 e. The van der Waals surface area contributed by atoms with Crippen LogP contribution in [0.5, 0.6) is 11.5 Å². The Morgan fingerprint density at radius 3 is 2.39 bits per heavy atom. The Morgan fingerprint density at radius 1 is 0.857 bits per heavy atom. The molecule has 1 N–H and O–H groups in total. The first-order valence-corrected chi connectivity index (χ1v) is 9.95. The summed E-state index contributed by atoms with van der Waals surface area (Å²) in [4.78, 5) is 0. The number of rotatable bonds is 14. The number of methoxy groups -OCH3 is 1. The minimum absolute atomic E-state index is 0. The molecule has 0 aliphatic heterocycles. The molecule has 0 spiro atoms. The quantitative estimate of drug-likeness (QED) is 0.445. The molecule has 0 aromatic heterocycles. The van der Waals surface area contributed by atoms with Crippen molar-refractivity contribution in [3.05, 3.63) is 59.7 Å². The molecule has 2 rings (SSSR count). The van der Waals surface area contributed by atoms with Crippen molar-refractivity contribution in [2.75, 3.05) is 33.5 Å². The van der Waals surface area contributed by atoms with Gasteiger partial charge in [0.15, 0.2) is 11.5 Å². The highest BCUT2D eigenvalue weighted by Gasteiger charge is 2.06. The number of benzene rings is 2. The number of hydrogen-bond acceptors (Lipinski definition) is 4. The van der Waals surface area contributed by atoms with E-state index < -0.39 is 0 Å². The zero-order valence-electron chi connectivity index (χ0n) is 17.1. The summed E-state index contributed by atoms with van der Waals surface area (Å²) in [6, 6.07) is 16.5. The highest BCUT2D eigenvalue weighted by molar-refractivity contribution is 5.85. The van der Waals surface area contributed by atoms with Crippen molar-refractivity contribution in [3.8, 4) is 11.5 Å². The Kier molecular flexibility index (Phi) is 13.2. The van der Waals surface area contributed by atoms with Crippen molar-refractivity contribution in [1.82, 2.24) is 5.32 Å². The van der Waals surface area contributed by atoms with E-state index in [1.165, 1.54) is 17.5 Å². The number of hydrogen-bond donors (Lipinski definition) is 1. The lowest BCUT2D eigenvalue weighted by Gasteiger charge is -2.13. The lowest BCUT2D eigenvalue weighted by molar-refractivity contribution is 0.129. The third-order valence-corrected chi connectivity index (χ3v) is 4.33. The van der Waals surface area contributed by atoms with Gasteiger partial charge in [0.1, 0.15) is 0 Å². The van der Waals surface area contributed by atoms with E-state index in [4.69, 9.17) is 14.2 Å². The molecule has 2 aromatic rings. The number of halogens is 1. The second-order valence-electron chi connectivity index (χ2n) is 6.57. The summed E-state index contributed by atoms with van der Waals surface area (Å²) in [5.41, 5.74) is 2.46. The second-order valence-corrected chi connectivity index (χ2v) is 6.57. The van der Waals surface area contributed by atoms with E-state index in [1.54, 1.807) is 7.11 Å². The van der Waals surface area contributed by atoms with Gasteiger partial charge in [-0.3, -0.25) is 0 Å². The van der Waals surface area contributed by atoms with Gasteiger partial charge < -0.3 is 19.5 Å². The van der Waals surface area contributed by atoms with Crippen LogP contribution in [0, 0.1) is 0 Å². The van der Waals surface area contributed by atoms with Crippen molar-refractivity contribution >= 4 is 12.4 Å². The summed E-state index contributed by atoms with van der Waals surface area (Å²) >= 11 is 0. The molecule has 0 atom stereocenters. The van der Waals surface area contributed by atoms with Gasteiger partial charge in [0.05, 0.1) is 13.7 Å². The van der Waals surface area contributed by atoms with Gasteiger partial charge in [-0.15, -0.1) is 12.4 Å². The second kappa shape index (κ2) is 15.2. The van der Waals surface area contributed by atoms with Crippen LogP contribution in [0.1, 0.15) is 37.3 Å². The van der Waals surface area contributed by atoms with Crippen molar-refractivity contribution in [2.24, 2.45) is 0 Å². The highest BCUT2D eigenvalue weighted by atomic mass is 35.5. The Morgan fingerprint density at radius 2 is 1.64 bits per heavy atom. The van der Waals surface area contributed by atoms with Crippen LogP contribution in [0.4, 0.5) is 0 Å². The van der Waals surface area contributed by atoms with Crippen LogP contribution in [0.2, 0.25) is 0 Å². The molecule has 0 bridgehead atoms. The molecule has 0 saturated heterocycles. The van der Waals surface area contributed by atoms with Gasteiger partial charge in [-0.1, -0.05) is 49.7 Å². The van der Waals surface area contributed by atoms with Crippen LogP contribution in [-0.2, 0) is 17.7 Å². The topological polar surface area (TPSA) is 39.7 Å². The first-order chi connectivity index (χ1) is 13.3. The van der Waals surface area contributed by atoms with E-state index in [0.29, 0.717) is 6.61 Å². The molecule has 2 aromatic carbocycles. The van der Waals surface area contributed by atoms with Crippen LogP contribution in [-0.4, -0.2) is 33.5 Å². The zero-order chi connectivity index (χ0) is 19.2. The van der Waals surface area contributed by atoms with Crippen LogP contribution in [0.15, 0.2) is 48.5 Å². The average Bonchev–Trinajstić information content (AvgIpc) is 2.71. The lowest BCUT2D eigenvalue weighted by atomic mass is 10.1. The summed E-state index contributed by atoms with van der Waals surface area (Å²) in [5, 5.41) is 3.45. The molecule has 4 nitrogen and oxygen atoms in total. The van der Waals surface area contributed by atoms with Gasteiger partial charge in [-0.2, -0.15) is 0 Å². The largest absolute Gasteiger partial charge is 0.493 e. The van der Waals surface area contributed by atoms with Crippen LogP contribution >= 0.6 is 12.4 Å². The molecule has 0 saturated carbocycles. The molecule has 5 heteroatoms. The fourth-order valence-corrected chi connectivity index (χ4v) is 2.75. The van der Waals surface area contributed by atoms with Gasteiger partial charge in [0.25, 0.3) is 0 Å². The van der Waals surface area contributed by atoms with Crippen molar-refractivity contribution in [2.45, 2.75) is 39.2 Å². The maximum atomic E-state index is 5.91. The monoisotopic (exact) mass is 407 g/mol. The van der Waals surface area contributed by atoms with E-state index in [0.717, 1.165) is 57.1 Å². The minimum atomic E-state index is 0. The van der Waals surface area contributed by atoms with E-state index in [2.05, 4.69) is 42.6 Å². The van der Waals surface area contributed by atoms with E-state index in [-0.39, 0.29) is 12.4 Å². The Labute approximate surface area is 176 Å². The fourth-order valence-electron chi connectivity index (χ4n) is 2.75. The van der Waals surface area contributed by atoms with Gasteiger partial charge >= 0.3 is 0 Å². The van der Waals surface area contributed by atoms with Gasteiger partial charge in [0, 0.05) is 26.2 Å². The van der Waals surface area contributed by atoms with E-state index >= 15 is 0 Å². The molecule has 0 amide bonds. The SMILES string of the molecule is CCCCOCCCNCc1ccc(OCCc2ccccc2)c(OC)c1.Cl. The van der Waals surface area contributed by atoms with Crippen LogP contribution in [0.25, 0.3) is 0 Å². The van der Waals surface area contributed by atoms with Gasteiger partial charge in [-0.05, 0) is 42.6 Å². The first kappa shape index (κ1) is 24.3. The minimum Gasteiger partial charge on any atom is -0.493 e.